The molecule has 8 nitrogen and oxygen atoms in total. The number of nitro benzene ring substituents is 1. The fraction of sp³-hybridized carbons (Fsp3) is 0.316. The number of carbonyl (C=O) groups is 1. The lowest BCUT2D eigenvalue weighted by molar-refractivity contribution is -0.384. The molecule has 0 aliphatic carbocycles. The molecule has 1 aliphatic heterocycles. The van der Waals surface area contributed by atoms with E-state index in [1.807, 2.05) is 0 Å². The number of hydrogen-bond donors (Lipinski definition) is 1. The molecule has 1 fully saturated rings. The van der Waals surface area contributed by atoms with Crippen molar-refractivity contribution in [3.63, 3.8) is 0 Å². The molecule has 0 bridgehead atoms. The van der Waals surface area contributed by atoms with Gasteiger partial charge in [0.25, 0.3) is 11.6 Å². The fourth-order valence-corrected chi connectivity index (χ4v) is 4.89. The Hall–Kier alpha value is -2.94. The average Bonchev–Trinajstić information content (AvgIpc) is 2.63. The Morgan fingerprint density at radius 1 is 1.11 bits per heavy atom. The van der Waals surface area contributed by atoms with Crippen molar-refractivity contribution in [3.8, 4) is 0 Å². The zero-order chi connectivity index (χ0) is 20.5. The lowest BCUT2D eigenvalue weighted by Gasteiger charge is -2.29. The van der Waals surface area contributed by atoms with Crippen molar-refractivity contribution < 1.29 is 18.1 Å². The van der Waals surface area contributed by atoms with Crippen LogP contribution in [0.1, 0.15) is 34.3 Å². The highest BCUT2D eigenvalue weighted by molar-refractivity contribution is 7.92. The molecule has 9 heteroatoms. The summed E-state index contributed by atoms with van der Waals surface area (Å²) in [7, 11) is -3.33. The second-order valence-corrected chi connectivity index (χ2v) is 8.82. The van der Waals surface area contributed by atoms with E-state index in [-0.39, 0.29) is 11.4 Å². The van der Waals surface area contributed by atoms with Gasteiger partial charge in [-0.2, -0.15) is 0 Å². The molecule has 2 aromatic carbocycles. The summed E-state index contributed by atoms with van der Waals surface area (Å²) in [4.78, 5) is 23.0. The molecule has 0 saturated carbocycles. The van der Waals surface area contributed by atoms with E-state index in [1.165, 1.54) is 16.4 Å². The van der Waals surface area contributed by atoms with E-state index in [9.17, 15) is 23.3 Å². The van der Waals surface area contributed by atoms with Crippen molar-refractivity contribution in [2.24, 2.45) is 0 Å². The van der Waals surface area contributed by atoms with Gasteiger partial charge < -0.3 is 5.32 Å². The van der Waals surface area contributed by atoms with Crippen LogP contribution in [0.25, 0.3) is 0 Å². The smallest absolute Gasteiger partial charge is 0.271 e. The first-order chi connectivity index (χ1) is 13.2. The molecule has 28 heavy (non-hydrogen) atoms. The molecule has 2 aromatic rings. The van der Waals surface area contributed by atoms with Crippen LogP contribution in [0.2, 0.25) is 0 Å². The van der Waals surface area contributed by atoms with Crippen molar-refractivity contribution in [1.29, 1.82) is 0 Å². The van der Waals surface area contributed by atoms with E-state index in [0.29, 0.717) is 41.0 Å². The van der Waals surface area contributed by atoms with E-state index in [1.54, 1.807) is 38.1 Å². The first-order valence-corrected chi connectivity index (χ1v) is 10.5. The Bertz CT molecular complexity index is 1050. The molecule has 0 atom stereocenters. The Balaban J connectivity index is 1.85. The van der Waals surface area contributed by atoms with Crippen molar-refractivity contribution >= 4 is 33.0 Å². The Morgan fingerprint density at radius 2 is 1.86 bits per heavy atom. The zero-order valence-electron chi connectivity index (χ0n) is 15.6. The van der Waals surface area contributed by atoms with Gasteiger partial charge in [-0.05, 0) is 56.0 Å². The van der Waals surface area contributed by atoms with Crippen LogP contribution in [0.3, 0.4) is 0 Å². The van der Waals surface area contributed by atoms with Crippen LogP contribution >= 0.6 is 0 Å². The maximum atomic E-state index is 12.6. The zero-order valence-corrected chi connectivity index (χ0v) is 16.5. The third kappa shape index (κ3) is 3.99. The minimum absolute atomic E-state index is 0.109. The predicted octanol–water partition coefficient (Wildman–Crippen LogP) is 3.39. The van der Waals surface area contributed by atoms with Crippen LogP contribution in [0.15, 0.2) is 36.4 Å². The number of nitrogens with one attached hydrogen (secondary N) is 1. The molecule has 1 heterocycles. The highest BCUT2D eigenvalue weighted by Gasteiger charge is 2.27. The van der Waals surface area contributed by atoms with Crippen LogP contribution in [0, 0.1) is 24.0 Å². The number of aryl methyl sites for hydroxylation is 2. The van der Waals surface area contributed by atoms with E-state index in [2.05, 4.69) is 5.32 Å². The van der Waals surface area contributed by atoms with Gasteiger partial charge in [-0.1, -0.05) is 6.07 Å². The third-order valence-electron chi connectivity index (χ3n) is 4.76. The number of non-ortho nitro benzene ring substituents is 1. The van der Waals surface area contributed by atoms with Crippen LogP contribution in [-0.4, -0.2) is 31.5 Å². The quantitative estimate of drug-likeness (QED) is 0.621. The number of rotatable bonds is 4. The summed E-state index contributed by atoms with van der Waals surface area (Å²) in [6.07, 6.45) is 1.45. The normalized spacial score (nSPS) is 15.9. The standard InChI is InChI=1S/C19H21N3O5S/c1-13-5-7-16(22(24)25)12-17(13)20-19(23)15-6-8-18(14(2)11-15)21-9-3-4-10-28(21,26)27/h5-8,11-12H,3-4,9-10H2,1-2H3,(H,20,23). The summed E-state index contributed by atoms with van der Waals surface area (Å²) in [5, 5.41) is 13.6. The van der Waals surface area contributed by atoms with E-state index >= 15 is 0 Å². The lowest BCUT2D eigenvalue weighted by atomic mass is 10.1. The van der Waals surface area contributed by atoms with E-state index in [4.69, 9.17) is 0 Å². The number of hydrogen-bond acceptors (Lipinski definition) is 5. The van der Waals surface area contributed by atoms with Crippen molar-refractivity contribution in [2.45, 2.75) is 26.7 Å². The molecule has 0 aromatic heterocycles. The molecule has 1 amide bonds. The summed E-state index contributed by atoms with van der Waals surface area (Å²) < 4.78 is 26.0. The molecule has 0 spiro atoms. The van der Waals surface area contributed by atoms with Gasteiger partial charge in [0.1, 0.15) is 0 Å². The van der Waals surface area contributed by atoms with Gasteiger partial charge >= 0.3 is 0 Å². The van der Waals surface area contributed by atoms with Crippen molar-refractivity contribution in [1.82, 2.24) is 0 Å². The molecular weight excluding hydrogens is 382 g/mol. The molecule has 0 unspecified atom stereocenters. The maximum Gasteiger partial charge on any atom is 0.271 e. The van der Waals surface area contributed by atoms with Crippen LogP contribution < -0.4 is 9.62 Å². The Labute approximate surface area is 163 Å². The fourth-order valence-electron chi connectivity index (χ4n) is 3.19. The number of amides is 1. The second-order valence-electron chi connectivity index (χ2n) is 6.81. The predicted molar refractivity (Wildman–Crippen MR) is 107 cm³/mol. The first kappa shape index (κ1) is 19.8. The first-order valence-electron chi connectivity index (χ1n) is 8.86. The summed E-state index contributed by atoms with van der Waals surface area (Å²) in [6, 6.07) is 9.09. The molecule has 1 saturated heterocycles. The number of carbonyl (C=O) groups excluding carboxylic acids is 1. The monoisotopic (exact) mass is 403 g/mol. The molecular formula is C19H21N3O5S. The van der Waals surface area contributed by atoms with Gasteiger partial charge in [0.15, 0.2) is 0 Å². The van der Waals surface area contributed by atoms with Crippen LogP contribution in [0.5, 0.6) is 0 Å². The summed E-state index contributed by atoms with van der Waals surface area (Å²) in [6.45, 7) is 3.94. The Kier molecular flexibility index (Phi) is 5.37. The summed E-state index contributed by atoms with van der Waals surface area (Å²) >= 11 is 0. The average molecular weight is 403 g/mol. The van der Waals surface area contributed by atoms with Gasteiger partial charge in [0, 0.05) is 24.2 Å². The highest BCUT2D eigenvalue weighted by atomic mass is 32.2. The minimum atomic E-state index is -3.33. The number of nitro groups is 1. The molecule has 3 rings (SSSR count). The number of anilines is 2. The lowest BCUT2D eigenvalue weighted by Crippen LogP contribution is -2.38. The third-order valence-corrected chi connectivity index (χ3v) is 6.61. The Morgan fingerprint density at radius 3 is 2.50 bits per heavy atom. The van der Waals surface area contributed by atoms with Crippen molar-refractivity contribution in [3.05, 3.63) is 63.2 Å². The highest BCUT2D eigenvalue weighted by Crippen LogP contribution is 2.28. The van der Waals surface area contributed by atoms with E-state index < -0.39 is 20.9 Å². The largest absolute Gasteiger partial charge is 0.321 e. The van der Waals surface area contributed by atoms with Gasteiger partial charge in [-0.3, -0.25) is 19.2 Å². The van der Waals surface area contributed by atoms with Crippen LogP contribution in [-0.2, 0) is 10.0 Å². The van der Waals surface area contributed by atoms with Crippen molar-refractivity contribution in [2.75, 3.05) is 21.9 Å². The summed E-state index contributed by atoms with van der Waals surface area (Å²) in [5.74, 6) is -0.291. The van der Waals surface area contributed by atoms with E-state index in [0.717, 1.165) is 6.42 Å². The van der Waals surface area contributed by atoms with Gasteiger partial charge in [-0.15, -0.1) is 0 Å². The van der Waals surface area contributed by atoms with Crippen LogP contribution in [0.4, 0.5) is 17.1 Å². The molecule has 1 aliphatic rings. The molecule has 1 N–H and O–H groups in total. The summed E-state index contributed by atoms with van der Waals surface area (Å²) in [5.41, 5.74) is 2.55. The number of benzene rings is 2. The maximum absolute atomic E-state index is 12.6. The number of nitrogens with zero attached hydrogens (tertiary/aromatic N) is 2. The van der Waals surface area contributed by atoms with Gasteiger partial charge in [0.2, 0.25) is 10.0 Å². The van der Waals surface area contributed by atoms with Gasteiger partial charge in [-0.25, -0.2) is 8.42 Å². The topological polar surface area (TPSA) is 110 Å². The minimum Gasteiger partial charge on any atom is -0.321 e. The number of sulfonamides is 1. The molecule has 148 valence electrons. The SMILES string of the molecule is Cc1ccc([N+](=O)[O-])cc1NC(=O)c1ccc(N2CCCCS2(=O)=O)c(C)c1. The van der Waals surface area contributed by atoms with Gasteiger partial charge in [0.05, 0.1) is 22.1 Å². The molecule has 0 radical (unpaired) electrons. The second kappa shape index (κ2) is 7.59.